The fraction of sp³-hybridized carbons (Fsp3) is 0.115. The summed E-state index contributed by atoms with van der Waals surface area (Å²) in [5, 5.41) is 3.68. The number of carbonyl (C=O) groups excluding carboxylic acids is 1. The maximum Gasteiger partial charge on any atom is 0.573 e. The van der Waals surface area contributed by atoms with E-state index in [2.05, 4.69) is 20.0 Å². The van der Waals surface area contributed by atoms with Gasteiger partial charge in [0, 0.05) is 10.9 Å². The number of methoxy groups -OCH3 is 1. The first-order chi connectivity index (χ1) is 18.2. The summed E-state index contributed by atoms with van der Waals surface area (Å²) in [7, 11) is 1.49. The Morgan fingerprint density at radius 3 is 2.50 bits per heavy atom. The highest BCUT2D eigenvalue weighted by Gasteiger charge is 2.31. The molecule has 0 bridgehead atoms. The number of H-pyrrole nitrogens is 1. The van der Waals surface area contributed by atoms with Crippen LogP contribution >= 0.6 is 11.8 Å². The summed E-state index contributed by atoms with van der Waals surface area (Å²) >= 11 is 1.01. The highest BCUT2D eigenvalue weighted by Crippen LogP contribution is 2.29. The van der Waals surface area contributed by atoms with Crippen LogP contribution in [0.3, 0.4) is 0 Å². The molecule has 5 rings (SSSR count). The molecule has 0 saturated heterocycles. The Bertz CT molecular complexity index is 1700. The topological polar surface area (TPSA) is 98.2 Å². The van der Waals surface area contributed by atoms with E-state index in [4.69, 9.17) is 4.74 Å². The van der Waals surface area contributed by atoms with Gasteiger partial charge < -0.3 is 19.8 Å². The van der Waals surface area contributed by atoms with Gasteiger partial charge in [0.1, 0.15) is 22.5 Å². The molecule has 1 amide bonds. The van der Waals surface area contributed by atoms with Gasteiger partial charge in [0.25, 0.3) is 5.56 Å². The maximum atomic E-state index is 13.6. The first kappa shape index (κ1) is 25.2. The number of thioether (sulfide) groups is 1. The number of nitrogens with one attached hydrogen (secondary N) is 2. The molecule has 0 saturated carbocycles. The van der Waals surface area contributed by atoms with Gasteiger partial charge in [-0.05, 0) is 42.5 Å². The average Bonchev–Trinajstić information content (AvgIpc) is 3.27. The summed E-state index contributed by atoms with van der Waals surface area (Å²) in [4.78, 5) is 34.1. The van der Waals surface area contributed by atoms with Crippen LogP contribution < -0.4 is 20.3 Å². The van der Waals surface area contributed by atoms with E-state index in [9.17, 15) is 22.8 Å². The molecular weight excluding hydrogens is 521 g/mol. The zero-order valence-electron chi connectivity index (χ0n) is 19.7. The molecule has 0 radical (unpaired) electrons. The van der Waals surface area contributed by atoms with Crippen molar-refractivity contribution in [3.05, 3.63) is 83.2 Å². The molecule has 0 fully saturated rings. The fourth-order valence-corrected chi connectivity index (χ4v) is 4.73. The molecule has 8 nitrogen and oxygen atoms in total. The minimum atomic E-state index is -4.85. The summed E-state index contributed by atoms with van der Waals surface area (Å²) in [6.07, 6.45) is -4.85. The molecule has 2 N–H and O–H groups in total. The molecule has 0 aliphatic heterocycles. The van der Waals surface area contributed by atoms with Crippen LogP contribution in [0.5, 0.6) is 11.5 Å². The number of fused-ring (bicyclic) bond motifs is 3. The first-order valence-corrected chi connectivity index (χ1v) is 12.2. The van der Waals surface area contributed by atoms with Gasteiger partial charge in [-0.1, -0.05) is 42.1 Å². The second-order valence-electron chi connectivity index (χ2n) is 8.01. The Hall–Kier alpha value is -4.45. The number of ether oxygens (including phenoxy) is 2. The van der Waals surface area contributed by atoms with Crippen molar-refractivity contribution in [1.29, 1.82) is 0 Å². The van der Waals surface area contributed by atoms with Crippen LogP contribution in [0.1, 0.15) is 0 Å². The molecule has 0 atom stereocenters. The first-order valence-electron chi connectivity index (χ1n) is 11.2. The summed E-state index contributed by atoms with van der Waals surface area (Å²) in [5.41, 5.74) is 1.62. The number of nitrogens with zero attached hydrogens (tertiary/aromatic N) is 2. The van der Waals surface area contributed by atoms with Crippen molar-refractivity contribution in [2.45, 2.75) is 11.5 Å². The lowest BCUT2D eigenvalue weighted by atomic mass is 10.2. The maximum absolute atomic E-state index is 13.6. The Kier molecular flexibility index (Phi) is 6.72. The number of hydrogen-bond acceptors (Lipinski definition) is 6. The lowest BCUT2D eigenvalue weighted by molar-refractivity contribution is -0.274. The van der Waals surface area contributed by atoms with Crippen molar-refractivity contribution in [3.63, 3.8) is 0 Å². The molecule has 38 heavy (non-hydrogen) atoms. The number of carbonyl (C=O) groups is 1. The van der Waals surface area contributed by atoms with Crippen LogP contribution in [0.25, 0.3) is 27.6 Å². The lowest BCUT2D eigenvalue weighted by Crippen LogP contribution is -2.23. The van der Waals surface area contributed by atoms with E-state index in [1.54, 1.807) is 30.3 Å². The minimum absolute atomic E-state index is 0.104. The number of hydrogen-bond donors (Lipinski definition) is 2. The van der Waals surface area contributed by atoms with Crippen molar-refractivity contribution >= 4 is 45.3 Å². The Morgan fingerprint density at radius 2 is 1.76 bits per heavy atom. The van der Waals surface area contributed by atoms with Crippen LogP contribution in [-0.4, -0.2) is 39.7 Å². The van der Waals surface area contributed by atoms with Gasteiger partial charge in [0.2, 0.25) is 5.91 Å². The van der Waals surface area contributed by atoms with E-state index < -0.39 is 17.7 Å². The van der Waals surface area contributed by atoms with Crippen molar-refractivity contribution in [3.8, 4) is 17.2 Å². The van der Waals surface area contributed by atoms with Crippen LogP contribution in [-0.2, 0) is 4.79 Å². The second kappa shape index (κ2) is 10.1. The van der Waals surface area contributed by atoms with E-state index in [-0.39, 0.29) is 28.0 Å². The number of amides is 1. The van der Waals surface area contributed by atoms with Gasteiger partial charge in [-0.15, -0.1) is 13.2 Å². The van der Waals surface area contributed by atoms with Gasteiger partial charge in [-0.25, -0.2) is 4.98 Å². The highest BCUT2D eigenvalue weighted by molar-refractivity contribution is 7.99. The molecule has 3 aromatic carbocycles. The molecular formula is C26H19F3N4O4S. The fourth-order valence-electron chi connectivity index (χ4n) is 3.93. The Balaban J connectivity index is 1.53. The zero-order valence-corrected chi connectivity index (χ0v) is 20.5. The van der Waals surface area contributed by atoms with Gasteiger partial charge in [0.15, 0.2) is 5.16 Å². The van der Waals surface area contributed by atoms with E-state index >= 15 is 0 Å². The SMILES string of the molecule is COc1ccccc1NC(=O)CSc1nc2c([nH]c3ccccc32)c(=O)n1-c1ccc(OC(F)(F)F)cc1. The van der Waals surface area contributed by atoms with Crippen molar-refractivity contribution in [1.82, 2.24) is 14.5 Å². The van der Waals surface area contributed by atoms with Crippen molar-refractivity contribution in [2.24, 2.45) is 0 Å². The molecule has 0 spiro atoms. The number of rotatable bonds is 7. The molecule has 12 heteroatoms. The number of halogens is 3. The standard InChI is InChI=1S/C26H19F3N4O4S/c1-36-20-9-5-4-8-19(20)30-21(34)14-38-25-32-22-17-6-2-3-7-18(17)31-23(22)24(35)33(25)15-10-12-16(13-11-15)37-26(27,28)29/h2-13,31H,14H2,1H3,(H,30,34). The van der Waals surface area contributed by atoms with Crippen LogP contribution in [0.15, 0.2) is 82.7 Å². The molecule has 194 valence electrons. The summed E-state index contributed by atoms with van der Waals surface area (Å²) < 4.78 is 48.3. The number of alkyl halides is 3. The molecule has 0 aliphatic carbocycles. The average molecular weight is 541 g/mol. The lowest BCUT2D eigenvalue weighted by Gasteiger charge is -2.14. The normalized spacial score (nSPS) is 11.6. The number of anilines is 1. The minimum Gasteiger partial charge on any atom is -0.495 e. The van der Waals surface area contributed by atoms with Crippen molar-refractivity contribution < 1.29 is 27.4 Å². The Labute approximate surface area is 217 Å². The monoisotopic (exact) mass is 540 g/mol. The number of para-hydroxylation sites is 3. The summed E-state index contributed by atoms with van der Waals surface area (Å²) in [6.45, 7) is 0. The van der Waals surface area contributed by atoms with E-state index in [1.807, 2.05) is 18.2 Å². The number of aromatic amines is 1. The molecule has 0 aliphatic rings. The molecule has 2 heterocycles. The molecule has 0 unspecified atom stereocenters. The third-order valence-corrected chi connectivity index (χ3v) is 6.47. The van der Waals surface area contributed by atoms with Gasteiger partial charge in [-0.2, -0.15) is 0 Å². The predicted molar refractivity (Wildman–Crippen MR) is 138 cm³/mol. The summed E-state index contributed by atoms with van der Waals surface area (Å²) in [6, 6.07) is 19.0. The molecule has 5 aromatic rings. The van der Waals surface area contributed by atoms with Gasteiger partial charge in [0.05, 0.1) is 24.2 Å². The quantitative estimate of drug-likeness (QED) is 0.209. The largest absolute Gasteiger partial charge is 0.573 e. The highest BCUT2D eigenvalue weighted by atomic mass is 32.2. The number of aromatic nitrogens is 3. The van der Waals surface area contributed by atoms with Gasteiger partial charge in [-0.3, -0.25) is 14.2 Å². The molecule has 2 aromatic heterocycles. The van der Waals surface area contributed by atoms with Crippen LogP contribution in [0.4, 0.5) is 18.9 Å². The van der Waals surface area contributed by atoms with E-state index in [1.165, 1.54) is 23.8 Å². The number of benzene rings is 3. The van der Waals surface area contributed by atoms with E-state index in [0.717, 1.165) is 29.3 Å². The third kappa shape index (κ3) is 5.16. The third-order valence-electron chi connectivity index (χ3n) is 5.54. The van der Waals surface area contributed by atoms with E-state index in [0.29, 0.717) is 22.5 Å². The van der Waals surface area contributed by atoms with Crippen LogP contribution in [0, 0.1) is 0 Å². The summed E-state index contributed by atoms with van der Waals surface area (Å²) in [5.74, 6) is -0.414. The van der Waals surface area contributed by atoms with Crippen LogP contribution in [0.2, 0.25) is 0 Å². The smallest absolute Gasteiger partial charge is 0.495 e. The second-order valence-corrected chi connectivity index (χ2v) is 8.95. The van der Waals surface area contributed by atoms with Crippen molar-refractivity contribution in [2.75, 3.05) is 18.2 Å². The predicted octanol–water partition coefficient (Wildman–Crippen LogP) is 5.51. The van der Waals surface area contributed by atoms with Gasteiger partial charge >= 0.3 is 6.36 Å². The Morgan fingerprint density at radius 1 is 1.05 bits per heavy atom. The zero-order chi connectivity index (χ0) is 26.9.